The van der Waals surface area contributed by atoms with Crippen molar-refractivity contribution in [1.29, 1.82) is 0 Å². The molecule has 2 fully saturated rings. The number of fused-ring (bicyclic) bond motifs is 2. The minimum absolute atomic E-state index is 0.673. The summed E-state index contributed by atoms with van der Waals surface area (Å²) < 4.78 is 0. The zero-order valence-electron chi connectivity index (χ0n) is 11.4. The van der Waals surface area contributed by atoms with E-state index in [2.05, 4.69) is 29.2 Å². The molecule has 3 unspecified atom stereocenters. The monoisotopic (exact) mass is 254 g/mol. The highest BCUT2D eigenvalue weighted by Gasteiger charge is 2.33. The minimum atomic E-state index is 0.673. The number of H-pyrrole nitrogens is 1. The summed E-state index contributed by atoms with van der Waals surface area (Å²) in [5, 5.41) is 0. The lowest BCUT2D eigenvalue weighted by Crippen LogP contribution is -2.27. The summed E-state index contributed by atoms with van der Waals surface area (Å²) in [4.78, 5) is 8.37. The van der Waals surface area contributed by atoms with Crippen molar-refractivity contribution in [1.82, 2.24) is 9.97 Å². The van der Waals surface area contributed by atoms with Gasteiger partial charge in [0.25, 0.3) is 0 Å². The molecule has 2 saturated carbocycles. The number of aromatic nitrogens is 2. The van der Waals surface area contributed by atoms with Crippen molar-refractivity contribution < 1.29 is 0 Å². The number of nitrogens with zero attached hydrogens (tertiary/aromatic N) is 1. The molecule has 0 aliphatic heterocycles. The van der Waals surface area contributed by atoms with Crippen LogP contribution >= 0.6 is 0 Å². The van der Waals surface area contributed by atoms with Gasteiger partial charge in [-0.05, 0) is 43.2 Å². The van der Waals surface area contributed by atoms with Crippen molar-refractivity contribution in [2.75, 3.05) is 0 Å². The molecule has 2 aliphatic carbocycles. The van der Waals surface area contributed by atoms with E-state index in [1.807, 2.05) is 0 Å². The highest BCUT2D eigenvalue weighted by atomic mass is 14.9. The average molecular weight is 254 g/mol. The maximum absolute atomic E-state index is 4.82. The number of imidazole rings is 1. The van der Waals surface area contributed by atoms with E-state index in [9.17, 15) is 0 Å². The number of para-hydroxylation sites is 2. The van der Waals surface area contributed by atoms with Crippen LogP contribution in [-0.4, -0.2) is 9.97 Å². The molecule has 1 aromatic heterocycles. The van der Waals surface area contributed by atoms with Crippen LogP contribution in [0.4, 0.5) is 0 Å². The molecule has 1 N–H and O–H groups in total. The molecule has 2 nitrogen and oxygen atoms in total. The second-order valence-electron chi connectivity index (χ2n) is 6.45. The second-order valence-corrected chi connectivity index (χ2v) is 6.45. The van der Waals surface area contributed by atoms with E-state index >= 15 is 0 Å². The molecule has 0 saturated heterocycles. The zero-order valence-corrected chi connectivity index (χ0v) is 11.4. The SMILES string of the molecule is c1ccc2[nH]c(C3CCC4CCCCC4C3)nc2c1. The molecule has 3 atom stereocenters. The van der Waals surface area contributed by atoms with Crippen LogP contribution in [0.25, 0.3) is 11.0 Å². The van der Waals surface area contributed by atoms with Gasteiger partial charge in [-0.3, -0.25) is 0 Å². The zero-order chi connectivity index (χ0) is 12.7. The van der Waals surface area contributed by atoms with Crippen LogP contribution in [-0.2, 0) is 0 Å². The molecule has 0 amide bonds. The van der Waals surface area contributed by atoms with Gasteiger partial charge in [-0.1, -0.05) is 37.8 Å². The Morgan fingerprint density at radius 1 is 0.947 bits per heavy atom. The van der Waals surface area contributed by atoms with E-state index in [0.717, 1.165) is 17.4 Å². The van der Waals surface area contributed by atoms with E-state index < -0.39 is 0 Å². The van der Waals surface area contributed by atoms with Gasteiger partial charge in [0.2, 0.25) is 0 Å². The quantitative estimate of drug-likeness (QED) is 0.789. The predicted molar refractivity (Wildman–Crippen MR) is 78.1 cm³/mol. The van der Waals surface area contributed by atoms with Crippen molar-refractivity contribution in [2.24, 2.45) is 11.8 Å². The summed E-state index contributed by atoms with van der Waals surface area (Å²) in [6.07, 6.45) is 9.99. The molecule has 4 rings (SSSR count). The smallest absolute Gasteiger partial charge is 0.110 e. The molecule has 0 radical (unpaired) electrons. The topological polar surface area (TPSA) is 28.7 Å². The van der Waals surface area contributed by atoms with Crippen LogP contribution in [0.15, 0.2) is 24.3 Å². The van der Waals surface area contributed by atoms with Gasteiger partial charge in [0, 0.05) is 5.92 Å². The fraction of sp³-hybridized carbons (Fsp3) is 0.588. The molecule has 0 spiro atoms. The van der Waals surface area contributed by atoms with Crippen molar-refractivity contribution in [3.63, 3.8) is 0 Å². The van der Waals surface area contributed by atoms with Crippen LogP contribution in [0.3, 0.4) is 0 Å². The molecule has 19 heavy (non-hydrogen) atoms. The second kappa shape index (κ2) is 4.66. The van der Waals surface area contributed by atoms with Crippen molar-refractivity contribution in [3.05, 3.63) is 30.1 Å². The van der Waals surface area contributed by atoms with Crippen LogP contribution in [0.5, 0.6) is 0 Å². The van der Waals surface area contributed by atoms with Crippen LogP contribution in [0.1, 0.15) is 56.7 Å². The normalized spacial score (nSPS) is 31.3. The molecule has 100 valence electrons. The first-order valence-electron chi connectivity index (χ1n) is 7.85. The van der Waals surface area contributed by atoms with Crippen LogP contribution in [0, 0.1) is 11.8 Å². The Morgan fingerprint density at radius 2 is 1.79 bits per heavy atom. The maximum atomic E-state index is 4.82. The summed E-state index contributed by atoms with van der Waals surface area (Å²) >= 11 is 0. The fourth-order valence-electron chi connectivity index (χ4n) is 4.29. The molecular formula is C17H22N2. The standard InChI is InChI=1S/C17H22N2/c1-2-6-13-11-14(10-9-12(13)5-1)17-18-15-7-3-4-8-16(15)19-17/h3-4,7-8,12-14H,1-2,5-6,9-11H2,(H,18,19). The van der Waals surface area contributed by atoms with Crippen molar-refractivity contribution in [3.8, 4) is 0 Å². The third kappa shape index (κ3) is 2.07. The number of aromatic amines is 1. The number of hydrogen-bond donors (Lipinski definition) is 1. The Labute approximate surface area is 114 Å². The molecule has 2 heteroatoms. The van der Waals surface area contributed by atoms with Gasteiger partial charge in [0.05, 0.1) is 11.0 Å². The molecule has 1 aromatic carbocycles. The summed E-state index contributed by atoms with van der Waals surface area (Å²) in [7, 11) is 0. The van der Waals surface area contributed by atoms with Crippen LogP contribution < -0.4 is 0 Å². The molecule has 0 bridgehead atoms. The Bertz CT molecular complexity index is 538. The molecule has 1 heterocycles. The first-order chi connectivity index (χ1) is 9.40. The molecular weight excluding hydrogens is 232 g/mol. The first-order valence-corrected chi connectivity index (χ1v) is 7.85. The fourth-order valence-corrected chi connectivity index (χ4v) is 4.29. The van der Waals surface area contributed by atoms with Crippen LogP contribution in [0.2, 0.25) is 0 Å². The predicted octanol–water partition coefficient (Wildman–Crippen LogP) is 4.64. The molecule has 2 aromatic rings. The summed E-state index contributed by atoms with van der Waals surface area (Å²) in [6, 6.07) is 8.41. The highest BCUT2D eigenvalue weighted by Crippen LogP contribution is 2.45. The lowest BCUT2D eigenvalue weighted by atomic mass is 9.67. The Balaban J connectivity index is 1.58. The van der Waals surface area contributed by atoms with Gasteiger partial charge in [-0.2, -0.15) is 0 Å². The number of rotatable bonds is 1. The van der Waals surface area contributed by atoms with E-state index in [0.29, 0.717) is 5.92 Å². The lowest BCUT2D eigenvalue weighted by Gasteiger charge is -2.38. The van der Waals surface area contributed by atoms with Crippen molar-refractivity contribution >= 4 is 11.0 Å². The summed E-state index contributed by atoms with van der Waals surface area (Å²) in [6.45, 7) is 0. The minimum Gasteiger partial charge on any atom is -0.342 e. The van der Waals surface area contributed by atoms with E-state index in [4.69, 9.17) is 4.98 Å². The van der Waals surface area contributed by atoms with Gasteiger partial charge in [0.1, 0.15) is 5.82 Å². The first kappa shape index (κ1) is 11.5. The summed E-state index contributed by atoms with van der Waals surface area (Å²) in [5.41, 5.74) is 2.33. The van der Waals surface area contributed by atoms with E-state index in [1.54, 1.807) is 0 Å². The van der Waals surface area contributed by atoms with E-state index in [1.165, 1.54) is 56.3 Å². The highest BCUT2D eigenvalue weighted by molar-refractivity contribution is 5.74. The Kier molecular flexibility index (Phi) is 2.82. The Hall–Kier alpha value is -1.31. The Morgan fingerprint density at radius 3 is 2.68 bits per heavy atom. The maximum Gasteiger partial charge on any atom is 0.110 e. The average Bonchev–Trinajstić information content (AvgIpc) is 2.90. The largest absolute Gasteiger partial charge is 0.342 e. The summed E-state index contributed by atoms with van der Waals surface area (Å²) in [5.74, 6) is 3.91. The third-order valence-corrected chi connectivity index (χ3v) is 5.33. The van der Waals surface area contributed by atoms with Gasteiger partial charge >= 0.3 is 0 Å². The third-order valence-electron chi connectivity index (χ3n) is 5.33. The number of nitrogens with one attached hydrogen (secondary N) is 1. The molecule has 2 aliphatic rings. The van der Waals surface area contributed by atoms with Gasteiger partial charge in [0.15, 0.2) is 0 Å². The number of hydrogen-bond acceptors (Lipinski definition) is 1. The van der Waals surface area contributed by atoms with E-state index in [-0.39, 0.29) is 0 Å². The lowest BCUT2D eigenvalue weighted by molar-refractivity contribution is 0.153. The van der Waals surface area contributed by atoms with Gasteiger partial charge < -0.3 is 4.98 Å². The number of benzene rings is 1. The van der Waals surface area contributed by atoms with Crippen molar-refractivity contribution in [2.45, 2.75) is 50.9 Å². The van der Waals surface area contributed by atoms with Gasteiger partial charge in [-0.25, -0.2) is 4.98 Å². The van der Waals surface area contributed by atoms with Gasteiger partial charge in [-0.15, -0.1) is 0 Å².